The molecule has 0 aliphatic carbocycles. The molecule has 1 aromatic carbocycles. The van der Waals surface area contributed by atoms with Gasteiger partial charge < -0.3 is 9.47 Å². The molecule has 2 rings (SSSR count). The molecule has 0 spiro atoms. The molecule has 0 aliphatic rings. The first-order chi connectivity index (χ1) is 9.46. The zero-order valence-corrected chi connectivity index (χ0v) is 10.8. The number of ether oxygens (including phenoxy) is 2. The van der Waals surface area contributed by atoms with Crippen molar-refractivity contribution in [3.63, 3.8) is 0 Å². The predicted octanol–water partition coefficient (Wildman–Crippen LogP) is 4.51. The van der Waals surface area contributed by atoms with Gasteiger partial charge in [0, 0.05) is 18.1 Å². The molecule has 0 radical (unpaired) electrons. The summed E-state index contributed by atoms with van der Waals surface area (Å²) in [6.07, 6.45) is -3.17. The van der Waals surface area contributed by atoms with Gasteiger partial charge >= 0.3 is 6.36 Å². The molecule has 0 amide bonds. The van der Waals surface area contributed by atoms with Crippen molar-refractivity contribution >= 4 is 11.6 Å². The first-order valence-corrected chi connectivity index (χ1v) is 6.04. The summed E-state index contributed by atoms with van der Waals surface area (Å²) in [7, 11) is 0. The summed E-state index contributed by atoms with van der Waals surface area (Å²) >= 11 is 5.68. The molecule has 0 fully saturated rings. The highest BCUT2D eigenvalue weighted by Gasteiger charge is 2.30. The number of halogens is 4. The Balaban J connectivity index is 2.06. The molecule has 7 heteroatoms. The maximum absolute atomic E-state index is 12.0. The minimum absolute atomic E-state index is 0.313. The second-order valence-corrected chi connectivity index (χ2v) is 4.02. The van der Waals surface area contributed by atoms with E-state index in [1.165, 1.54) is 18.3 Å². The van der Waals surface area contributed by atoms with E-state index in [0.29, 0.717) is 17.5 Å². The van der Waals surface area contributed by atoms with Crippen molar-refractivity contribution < 1.29 is 22.6 Å². The summed E-state index contributed by atoms with van der Waals surface area (Å²) in [5.41, 5.74) is 0.827. The van der Waals surface area contributed by atoms with Crippen molar-refractivity contribution in [1.29, 1.82) is 0 Å². The van der Waals surface area contributed by atoms with Crippen LogP contribution < -0.4 is 9.47 Å². The normalized spacial score (nSPS) is 11.2. The van der Waals surface area contributed by atoms with Crippen LogP contribution in [0.15, 0.2) is 42.6 Å². The number of hydrogen-bond donors (Lipinski definition) is 0. The summed E-state index contributed by atoms with van der Waals surface area (Å²) in [6, 6.07) is 8.42. The van der Waals surface area contributed by atoms with Gasteiger partial charge in [0.05, 0.1) is 0 Å². The Labute approximate surface area is 117 Å². The predicted molar refractivity (Wildman–Crippen MR) is 67.0 cm³/mol. The molecule has 20 heavy (non-hydrogen) atoms. The summed E-state index contributed by atoms with van der Waals surface area (Å²) in [5.74, 6) is 0.663. The van der Waals surface area contributed by atoms with E-state index in [2.05, 4.69) is 9.72 Å². The SMILES string of the molecule is FC(F)(F)Oc1ccc(Oc2cc(CCl)ccn2)cc1. The molecule has 0 atom stereocenters. The van der Waals surface area contributed by atoms with Crippen molar-refractivity contribution in [3.05, 3.63) is 48.2 Å². The summed E-state index contributed by atoms with van der Waals surface area (Å²) in [6.45, 7) is 0. The van der Waals surface area contributed by atoms with Crippen molar-refractivity contribution in [3.8, 4) is 17.4 Å². The molecule has 0 saturated carbocycles. The van der Waals surface area contributed by atoms with E-state index in [0.717, 1.165) is 17.7 Å². The number of rotatable bonds is 4. The van der Waals surface area contributed by atoms with E-state index in [-0.39, 0.29) is 5.75 Å². The molecular formula is C13H9ClF3NO2. The average molecular weight is 304 g/mol. The fourth-order valence-electron chi connectivity index (χ4n) is 1.42. The average Bonchev–Trinajstić information content (AvgIpc) is 2.40. The van der Waals surface area contributed by atoms with Crippen LogP contribution in [-0.2, 0) is 5.88 Å². The lowest BCUT2D eigenvalue weighted by atomic mass is 10.3. The first kappa shape index (κ1) is 14.5. The van der Waals surface area contributed by atoms with Crippen molar-refractivity contribution in [2.45, 2.75) is 12.2 Å². The number of benzene rings is 1. The van der Waals surface area contributed by atoms with Gasteiger partial charge in [-0.25, -0.2) is 4.98 Å². The van der Waals surface area contributed by atoms with E-state index >= 15 is 0 Å². The number of aromatic nitrogens is 1. The zero-order chi connectivity index (χ0) is 14.6. The molecule has 0 unspecified atom stereocenters. The smallest absolute Gasteiger partial charge is 0.439 e. The van der Waals surface area contributed by atoms with E-state index in [9.17, 15) is 13.2 Å². The number of alkyl halides is 4. The van der Waals surface area contributed by atoms with Crippen LogP contribution in [0.1, 0.15) is 5.56 Å². The van der Waals surface area contributed by atoms with E-state index in [1.807, 2.05) is 0 Å². The Morgan fingerprint density at radius 1 is 1.05 bits per heavy atom. The quantitative estimate of drug-likeness (QED) is 0.779. The number of hydrogen-bond acceptors (Lipinski definition) is 3. The van der Waals surface area contributed by atoms with E-state index in [4.69, 9.17) is 16.3 Å². The second-order valence-electron chi connectivity index (χ2n) is 3.76. The van der Waals surface area contributed by atoms with Crippen LogP contribution in [0.3, 0.4) is 0 Å². The van der Waals surface area contributed by atoms with Crippen molar-refractivity contribution in [2.75, 3.05) is 0 Å². The number of pyridine rings is 1. The van der Waals surface area contributed by atoms with Crippen LogP contribution in [0.2, 0.25) is 0 Å². The van der Waals surface area contributed by atoms with Gasteiger partial charge in [0.2, 0.25) is 5.88 Å². The van der Waals surface area contributed by atoms with Crippen LogP contribution in [0.5, 0.6) is 17.4 Å². The standard InChI is InChI=1S/C13H9ClF3NO2/c14-8-9-5-6-18-12(7-9)19-10-1-3-11(4-2-10)20-13(15,16)17/h1-7H,8H2. The molecule has 0 saturated heterocycles. The Bertz CT molecular complexity index is 573. The highest BCUT2D eigenvalue weighted by molar-refractivity contribution is 6.17. The fourth-order valence-corrected chi connectivity index (χ4v) is 1.59. The summed E-state index contributed by atoms with van der Waals surface area (Å²) in [5, 5.41) is 0. The largest absolute Gasteiger partial charge is 0.573 e. The minimum Gasteiger partial charge on any atom is -0.439 e. The highest BCUT2D eigenvalue weighted by atomic mass is 35.5. The molecular weight excluding hydrogens is 295 g/mol. The molecule has 3 nitrogen and oxygen atoms in total. The molecule has 106 valence electrons. The molecule has 2 aromatic rings. The maximum Gasteiger partial charge on any atom is 0.573 e. The lowest BCUT2D eigenvalue weighted by Crippen LogP contribution is -2.16. The van der Waals surface area contributed by atoms with Gasteiger partial charge in [0.1, 0.15) is 11.5 Å². The van der Waals surface area contributed by atoms with Crippen molar-refractivity contribution in [2.24, 2.45) is 0 Å². The molecule has 0 aliphatic heterocycles. The van der Waals surface area contributed by atoms with Gasteiger partial charge in [-0.05, 0) is 35.9 Å². The van der Waals surface area contributed by atoms with Crippen LogP contribution >= 0.6 is 11.6 Å². The van der Waals surface area contributed by atoms with Gasteiger partial charge in [-0.15, -0.1) is 24.8 Å². The van der Waals surface area contributed by atoms with E-state index < -0.39 is 6.36 Å². The van der Waals surface area contributed by atoms with Crippen LogP contribution in [0.4, 0.5) is 13.2 Å². The van der Waals surface area contributed by atoms with E-state index in [1.54, 1.807) is 12.1 Å². The Kier molecular flexibility index (Phi) is 4.34. The Hall–Kier alpha value is -1.95. The third-order valence-electron chi connectivity index (χ3n) is 2.23. The van der Waals surface area contributed by atoms with Gasteiger partial charge in [0.25, 0.3) is 0 Å². The third-order valence-corrected chi connectivity index (χ3v) is 2.54. The number of nitrogens with zero attached hydrogens (tertiary/aromatic N) is 1. The maximum atomic E-state index is 12.0. The Morgan fingerprint density at radius 2 is 1.70 bits per heavy atom. The van der Waals surface area contributed by atoms with Crippen molar-refractivity contribution in [1.82, 2.24) is 4.98 Å². The summed E-state index contributed by atoms with van der Waals surface area (Å²) < 4.78 is 45.1. The van der Waals surface area contributed by atoms with Crippen LogP contribution in [0, 0.1) is 0 Å². The lowest BCUT2D eigenvalue weighted by Gasteiger charge is -2.09. The van der Waals surface area contributed by atoms with Gasteiger partial charge in [-0.2, -0.15) is 0 Å². The molecule has 1 heterocycles. The molecule has 0 N–H and O–H groups in total. The highest BCUT2D eigenvalue weighted by Crippen LogP contribution is 2.26. The minimum atomic E-state index is -4.71. The molecule has 0 bridgehead atoms. The fraction of sp³-hybridized carbons (Fsp3) is 0.154. The lowest BCUT2D eigenvalue weighted by molar-refractivity contribution is -0.274. The van der Waals surface area contributed by atoms with Gasteiger partial charge in [0.15, 0.2) is 0 Å². The van der Waals surface area contributed by atoms with Crippen LogP contribution in [0.25, 0.3) is 0 Å². The topological polar surface area (TPSA) is 31.4 Å². The first-order valence-electron chi connectivity index (χ1n) is 5.51. The summed E-state index contributed by atoms with van der Waals surface area (Å²) in [4.78, 5) is 3.97. The monoisotopic (exact) mass is 303 g/mol. The van der Waals surface area contributed by atoms with Gasteiger partial charge in [-0.1, -0.05) is 0 Å². The third kappa shape index (κ3) is 4.31. The Morgan fingerprint density at radius 3 is 2.30 bits per heavy atom. The van der Waals surface area contributed by atoms with Crippen LogP contribution in [-0.4, -0.2) is 11.3 Å². The molecule has 1 aromatic heterocycles. The second kappa shape index (κ2) is 6.00. The zero-order valence-electron chi connectivity index (χ0n) is 10.0. The van der Waals surface area contributed by atoms with Gasteiger partial charge in [-0.3, -0.25) is 0 Å².